The fraction of sp³-hybridized carbons (Fsp3) is 0.0714. The van der Waals surface area contributed by atoms with Crippen LogP contribution in [-0.2, 0) is 14.9 Å². The molecule has 0 saturated carbocycles. The van der Waals surface area contributed by atoms with Gasteiger partial charge in [-0.1, -0.05) is 22.0 Å². The van der Waals surface area contributed by atoms with Crippen molar-refractivity contribution in [2.45, 2.75) is 4.90 Å². The maximum atomic E-state index is 12.3. The highest BCUT2D eigenvalue weighted by Gasteiger charge is 2.16. The molecule has 22 heavy (non-hydrogen) atoms. The molecule has 0 saturated heterocycles. The second kappa shape index (κ2) is 6.91. The van der Waals surface area contributed by atoms with Crippen LogP contribution in [0.3, 0.4) is 0 Å². The number of anilines is 1. The third-order valence-corrected chi connectivity index (χ3v) is 4.61. The molecule has 0 aliphatic carbocycles. The average Bonchev–Trinajstić information content (AvgIpc) is 2.50. The maximum Gasteiger partial charge on any atom is 0.274 e. The Kier molecular flexibility index (Phi) is 5.17. The van der Waals surface area contributed by atoms with E-state index in [4.69, 9.17) is 0 Å². The Labute approximate surface area is 136 Å². The maximum absolute atomic E-state index is 12.3. The quantitative estimate of drug-likeness (QED) is 0.775. The lowest BCUT2D eigenvalue weighted by Gasteiger charge is -2.09. The van der Waals surface area contributed by atoms with Crippen LogP contribution in [0.5, 0.6) is 0 Å². The first-order chi connectivity index (χ1) is 10.4. The Bertz CT molecular complexity index is 776. The van der Waals surface area contributed by atoms with E-state index >= 15 is 0 Å². The summed E-state index contributed by atoms with van der Waals surface area (Å²) in [5.41, 5.74) is 2.74. The lowest BCUT2D eigenvalue weighted by atomic mass is 10.2. The Balaban J connectivity index is 2.27. The lowest BCUT2D eigenvalue weighted by Crippen LogP contribution is -2.22. The summed E-state index contributed by atoms with van der Waals surface area (Å²) in [6, 6.07) is 12.4. The van der Waals surface area contributed by atoms with Gasteiger partial charge in [-0.15, -0.1) is 0 Å². The zero-order valence-electron chi connectivity index (χ0n) is 11.5. The number of benzene rings is 2. The van der Waals surface area contributed by atoms with Gasteiger partial charge in [0, 0.05) is 15.7 Å². The van der Waals surface area contributed by atoms with E-state index in [-0.39, 0.29) is 10.5 Å². The summed E-state index contributed by atoms with van der Waals surface area (Å²) in [7, 11) is -2.48. The first-order valence-electron chi connectivity index (χ1n) is 6.14. The van der Waals surface area contributed by atoms with Gasteiger partial charge in [0.05, 0.1) is 12.0 Å². The number of nitrogens with one attached hydrogen (secondary N) is 2. The fourth-order valence-corrected chi connectivity index (χ4v) is 3.06. The molecular weight excluding hydrogens is 372 g/mol. The Morgan fingerprint density at radius 2 is 1.82 bits per heavy atom. The third kappa shape index (κ3) is 4.06. The Hall–Kier alpha value is -1.90. The molecule has 116 valence electrons. The molecule has 8 heteroatoms. The largest absolute Gasteiger partial charge is 0.280 e. The summed E-state index contributed by atoms with van der Waals surface area (Å²) in [5.74, 6) is -0.525. The second-order valence-electron chi connectivity index (χ2n) is 4.28. The van der Waals surface area contributed by atoms with Crippen LogP contribution >= 0.6 is 15.9 Å². The molecule has 6 nitrogen and oxygen atoms in total. The molecule has 2 N–H and O–H groups in total. The van der Waals surface area contributed by atoms with Gasteiger partial charge < -0.3 is 0 Å². The molecule has 1 amide bonds. The molecule has 2 rings (SSSR count). The summed E-state index contributed by atoms with van der Waals surface area (Å²) in [6.45, 7) is 0. The Morgan fingerprint density at radius 1 is 1.14 bits per heavy atom. The van der Waals surface area contributed by atoms with Gasteiger partial charge in [-0.25, -0.2) is 13.9 Å². The zero-order valence-corrected chi connectivity index (χ0v) is 13.9. The highest BCUT2D eigenvalue weighted by molar-refractivity contribution is 9.10. The number of halogens is 1. The third-order valence-electron chi connectivity index (χ3n) is 2.70. The van der Waals surface area contributed by atoms with E-state index in [1.54, 1.807) is 24.3 Å². The fourth-order valence-electron chi connectivity index (χ4n) is 1.69. The van der Waals surface area contributed by atoms with E-state index in [0.29, 0.717) is 5.69 Å². The van der Waals surface area contributed by atoms with Gasteiger partial charge in [-0.3, -0.25) is 14.4 Å². The van der Waals surface area contributed by atoms with Gasteiger partial charge in [0.2, 0.25) is 0 Å². The van der Waals surface area contributed by atoms with Crippen LogP contribution in [0.1, 0.15) is 10.4 Å². The molecule has 0 aliphatic rings. The molecule has 0 bridgehead atoms. The van der Waals surface area contributed by atoms with E-state index in [1.807, 2.05) is 0 Å². The van der Waals surface area contributed by atoms with Crippen molar-refractivity contribution in [1.29, 1.82) is 0 Å². The van der Waals surface area contributed by atoms with Crippen LogP contribution in [0.2, 0.25) is 0 Å². The molecule has 0 unspecified atom stereocenters. The van der Waals surface area contributed by atoms with Crippen molar-refractivity contribution in [2.24, 2.45) is 0 Å². The second-order valence-corrected chi connectivity index (χ2v) is 6.87. The minimum atomic E-state index is -3.78. The monoisotopic (exact) mass is 384 g/mol. The van der Waals surface area contributed by atoms with Crippen molar-refractivity contribution in [3.8, 4) is 0 Å². The van der Waals surface area contributed by atoms with Gasteiger partial charge in [0.25, 0.3) is 15.9 Å². The molecule has 0 atom stereocenters. The van der Waals surface area contributed by atoms with E-state index in [9.17, 15) is 13.2 Å². The van der Waals surface area contributed by atoms with Gasteiger partial charge in [0.1, 0.15) is 0 Å². The standard InChI is InChI=1S/C14H13BrN2O4S/c1-21-16-14(18)10-3-2-4-13(9-10)22(19,20)17-12-7-5-11(15)6-8-12/h2-9,17H,1H3,(H,16,18). The van der Waals surface area contributed by atoms with E-state index in [0.717, 1.165) is 4.47 Å². The molecule has 0 aromatic heterocycles. The molecule has 0 aliphatic heterocycles. The summed E-state index contributed by atoms with van der Waals surface area (Å²) >= 11 is 3.28. The number of amides is 1. The van der Waals surface area contributed by atoms with Crippen molar-refractivity contribution in [1.82, 2.24) is 5.48 Å². The number of sulfonamides is 1. The summed E-state index contributed by atoms with van der Waals surface area (Å²) in [6.07, 6.45) is 0. The molecule has 0 spiro atoms. The normalized spacial score (nSPS) is 11.0. The molecule has 2 aromatic rings. The predicted molar refractivity (Wildman–Crippen MR) is 85.9 cm³/mol. The van der Waals surface area contributed by atoms with Gasteiger partial charge in [-0.2, -0.15) is 0 Å². The smallest absolute Gasteiger partial charge is 0.274 e. The minimum absolute atomic E-state index is 0.0147. The first kappa shape index (κ1) is 16.5. The van der Waals surface area contributed by atoms with Gasteiger partial charge in [0.15, 0.2) is 0 Å². The van der Waals surface area contributed by atoms with Crippen LogP contribution in [0, 0.1) is 0 Å². The zero-order chi connectivity index (χ0) is 16.2. The molecule has 0 heterocycles. The number of hydroxylamine groups is 1. The lowest BCUT2D eigenvalue weighted by molar-refractivity contribution is 0.0537. The number of rotatable bonds is 5. The van der Waals surface area contributed by atoms with Crippen molar-refractivity contribution in [2.75, 3.05) is 11.8 Å². The number of carbonyl (C=O) groups is 1. The van der Waals surface area contributed by atoms with E-state index in [2.05, 4.69) is 31.0 Å². The minimum Gasteiger partial charge on any atom is -0.280 e. The van der Waals surface area contributed by atoms with Crippen LogP contribution < -0.4 is 10.2 Å². The van der Waals surface area contributed by atoms with E-state index in [1.165, 1.54) is 31.4 Å². The highest BCUT2D eigenvalue weighted by atomic mass is 79.9. The number of carbonyl (C=O) groups excluding carboxylic acids is 1. The van der Waals surface area contributed by atoms with Gasteiger partial charge >= 0.3 is 0 Å². The van der Waals surface area contributed by atoms with Crippen molar-refractivity contribution in [3.05, 3.63) is 58.6 Å². The average molecular weight is 385 g/mol. The number of hydrogen-bond acceptors (Lipinski definition) is 4. The van der Waals surface area contributed by atoms with E-state index < -0.39 is 15.9 Å². The molecule has 0 fully saturated rings. The van der Waals surface area contributed by atoms with Crippen molar-refractivity contribution in [3.63, 3.8) is 0 Å². The summed E-state index contributed by atoms with van der Waals surface area (Å²) in [5, 5.41) is 0. The molecule has 0 radical (unpaired) electrons. The van der Waals surface area contributed by atoms with Crippen molar-refractivity contribution < 1.29 is 18.0 Å². The SMILES string of the molecule is CONC(=O)c1cccc(S(=O)(=O)Nc2ccc(Br)cc2)c1. The van der Waals surface area contributed by atoms with Crippen LogP contribution in [-0.4, -0.2) is 21.4 Å². The first-order valence-corrected chi connectivity index (χ1v) is 8.42. The highest BCUT2D eigenvalue weighted by Crippen LogP contribution is 2.19. The summed E-state index contributed by atoms with van der Waals surface area (Å²) in [4.78, 5) is 16.2. The molecule has 2 aromatic carbocycles. The van der Waals surface area contributed by atoms with Crippen LogP contribution in [0.25, 0.3) is 0 Å². The molecular formula is C14H13BrN2O4S. The predicted octanol–water partition coefficient (Wildman–Crippen LogP) is 2.54. The topological polar surface area (TPSA) is 84.5 Å². The van der Waals surface area contributed by atoms with Crippen molar-refractivity contribution >= 4 is 37.5 Å². The summed E-state index contributed by atoms with van der Waals surface area (Å²) < 4.78 is 28.0. The van der Waals surface area contributed by atoms with Crippen LogP contribution in [0.15, 0.2) is 57.9 Å². The Morgan fingerprint density at radius 3 is 2.45 bits per heavy atom. The number of hydrogen-bond donors (Lipinski definition) is 2. The van der Waals surface area contributed by atoms with Gasteiger partial charge in [-0.05, 0) is 42.5 Å². The van der Waals surface area contributed by atoms with Crippen LogP contribution in [0.4, 0.5) is 5.69 Å².